The van der Waals surface area contributed by atoms with Gasteiger partial charge in [0.15, 0.2) is 0 Å². The van der Waals surface area contributed by atoms with E-state index in [1.54, 1.807) is 10.6 Å². The van der Waals surface area contributed by atoms with Crippen molar-refractivity contribution in [1.29, 1.82) is 0 Å². The molecular weight excluding hydrogens is 302 g/mol. The first kappa shape index (κ1) is 12.7. The number of pyridine rings is 1. The third kappa shape index (κ3) is 2.26. The summed E-state index contributed by atoms with van der Waals surface area (Å²) in [5, 5.41) is 2.72. The van der Waals surface area contributed by atoms with Gasteiger partial charge in [0, 0.05) is 17.6 Å². The Balaban J connectivity index is 2.84. The molecule has 2 nitrogen and oxygen atoms in total. The number of nitrogens with zero attached hydrogens (tertiary/aromatic N) is 1. The van der Waals surface area contributed by atoms with Crippen LogP contribution in [0, 0.1) is 0 Å². The number of fused-ring (bicyclic) bond motifs is 1. The van der Waals surface area contributed by atoms with E-state index in [2.05, 4.69) is 22.9 Å². The molecule has 0 saturated carbocycles. The van der Waals surface area contributed by atoms with Crippen molar-refractivity contribution in [3.63, 3.8) is 0 Å². The highest BCUT2D eigenvalue weighted by atomic mass is 79.9. The fraction of sp³-hybridized carbons (Fsp3) is 0.308. The van der Waals surface area contributed by atoms with Crippen molar-refractivity contribution in [2.45, 2.75) is 25.2 Å². The van der Waals surface area contributed by atoms with E-state index in [1.807, 2.05) is 18.2 Å². The number of alkyl halides is 1. The molecule has 0 spiro atoms. The molecule has 4 heteroatoms. The summed E-state index contributed by atoms with van der Waals surface area (Å²) in [4.78, 5) is 12.4. The Morgan fingerprint density at radius 3 is 2.82 bits per heavy atom. The van der Waals surface area contributed by atoms with E-state index in [0.29, 0.717) is 15.7 Å². The Morgan fingerprint density at radius 1 is 1.41 bits per heavy atom. The molecule has 0 saturated heterocycles. The lowest BCUT2D eigenvalue weighted by Crippen LogP contribution is -2.23. The van der Waals surface area contributed by atoms with Crippen molar-refractivity contribution >= 4 is 38.3 Å². The van der Waals surface area contributed by atoms with E-state index < -0.39 is 0 Å². The zero-order valence-electron chi connectivity index (χ0n) is 9.54. The first-order chi connectivity index (χ1) is 8.19. The molecule has 1 aromatic carbocycles. The fourth-order valence-corrected chi connectivity index (χ4v) is 2.72. The fourth-order valence-electron chi connectivity index (χ4n) is 1.99. The quantitative estimate of drug-likeness (QED) is 0.786. The third-order valence-electron chi connectivity index (χ3n) is 2.76. The average Bonchev–Trinajstić information content (AvgIpc) is 2.32. The minimum atomic E-state index is 0.00407. The molecule has 2 rings (SSSR count). The van der Waals surface area contributed by atoms with E-state index >= 15 is 0 Å². The van der Waals surface area contributed by atoms with Crippen LogP contribution in [0.2, 0.25) is 5.02 Å². The van der Waals surface area contributed by atoms with Crippen molar-refractivity contribution in [2.24, 2.45) is 0 Å². The minimum Gasteiger partial charge on any atom is -0.311 e. The van der Waals surface area contributed by atoms with E-state index in [4.69, 9.17) is 11.6 Å². The number of halogens is 2. The molecule has 0 fully saturated rings. The summed E-state index contributed by atoms with van der Waals surface area (Å²) in [7, 11) is 0. The van der Waals surface area contributed by atoms with Gasteiger partial charge in [0.05, 0.1) is 10.4 Å². The molecule has 0 aliphatic carbocycles. The molecular formula is C13H13BrClNO. The van der Waals surface area contributed by atoms with Crippen molar-refractivity contribution < 1.29 is 0 Å². The second-order valence-electron chi connectivity index (χ2n) is 3.93. The summed E-state index contributed by atoms with van der Waals surface area (Å²) in [5.74, 6) is 0. The maximum atomic E-state index is 12.4. The van der Waals surface area contributed by atoms with Gasteiger partial charge in [-0.05, 0) is 23.9 Å². The Kier molecular flexibility index (Phi) is 3.89. The maximum absolute atomic E-state index is 12.4. The maximum Gasteiger partial charge on any atom is 0.260 e. The standard InChI is InChI=1S/C13H13BrClNO/c1-2-6-16-10(8-14)7-9-4-3-5-11(15)12(9)13(16)17/h3-5,7H,2,6,8H2,1H3. The van der Waals surface area contributed by atoms with Gasteiger partial charge in [-0.25, -0.2) is 0 Å². The number of rotatable bonds is 3. The largest absolute Gasteiger partial charge is 0.311 e. The summed E-state index contributed by atoms with van der Waals surface area (Å²) in [6.45, 7) is 2.78. The van der Waals surface area contributed by atoms with Crippen LogP contribution in [0.15, 0.2) is 29.1 Å². The van der Waals surface area contributed by atoms with Crippen LogP contribution in [0.1, 0.15) is 19.0 Å². The number of benzene rings is 1. The Hall–Kier alpha value is -0.800. The lowest BCUT2D eigenvalue weighted by atomic mass is 10.1. The molecule has 0 radical (unpaired) electrons. The van der Waals surface area contributed by atoms with E-state index in [9.17, 15) is 4.79 Å². The van der Waals surface area contributed by atoms with Gasteiger partial charge in [-0.3, -0.25) is 4.79 Å². The molecule has 17 heavy (non-hydrogen) atoms. The van der Waals surface area contributed by atoms with Crippen LogP contribution in [0.3, 0.4) is 0 Å². The highest BCUT2D eigenvalue weighted by Gasteiger charge is 2.10. The number of hydrogen-bond donors (Lipinski definition) is 0. The first-order valence-corrected chi connectivity index (χ1v) is 7.06. The topological polar surface area (TPSA) is 22.0 Å². The molecule has 0 aliphatic heterocycles. The summed E-state index contributed by atoms with van der Waals surface area (Å²) in [6.07, 6.45) is 0.926. The van der Waals surface area contributed by atoms with Gasteiger partial charge in [0.25, 0.3) is 5.56 Å². The van der Waals surface area contributed by atoms with Gasteiger partial charge in [-0.1, -0.05) is 46.6 Å². The summed E-state index contributed by atoms with van der Waals surface area (Å²) >= 11 is 9.53. The molecule has 0 amide bonds. The minimum absolute atomic E-state index is 0.00407. The van der Waals surface area contributed by atoms with E-state index in [1.165, 1.54) is 0 Å². The Morgan fingerprint density at radius 2 is 2.18 bits per heavy atom. The van der Waals surface area contributed by atoms with Crippen LogP contribution in [-0.2, 0) is 11.9 Å². The van der Waals surface area contributed by atoms with Gasteiger partial charge >= 0.3 is 0 Å². The molecule has 90 valence electrons. The second kappa shape index (κ2) is 5.23. The zero-order valence-corrected chi connectivity index (χ0v) is 11.9. The molecule has 0 unspecified atom stereocenters. The third-order valence-corrected chi connectivity index (χ3v) is 3.65. The van der Waals surface area contributed by atoms with Gasteiger partial charge in [-0.2, -0.15) is 0 Å². The molecule has 1 aromatic heterocycles. The molecule has 0 bridgehead atoms. The number of aromatic nitrogens is 1. The van der Waals surface area contributed by atoms with Crippen LogP contribution in [0.4, 0.5) is 0 Å². The molecule has 2 aromatic rings. The van der Waals surface area contributed by atoms with Gasteiger partial charge in [-0.15, -0.1) is 0 Å². The molecule has 1 heterocycles. The Labute approximate surface area is 113 Å². The molecule has 0 atom stereocenters. The van der Waals surface area contributed by atoms with Crippen LogP contribution < -0.4 is 5.56 Å². The summed E-state index contributed by atoms with van der Waals surface area (Å²) < 4.78 is 1.79. The van der Waals surface area contributed by atoms with Crippen molar-refractivity contribution in [3.8, 4) is 0 Å². The molecule has 0 N–H and O–H groups in total. The first-order valence-electron chi connectivity index (χ1n) is 5.56. The van der Waals surface area contributed by atoms with Gasteiger partial charge in [0.1, 0.15) is 0 Å². The van der Waals surface area contributed by atoms with Crippen LogP contribution in [0.25, 0.3) is 10.8 Å². The summed E-state index contributed by atoms with van der Waals surface area (Å²) in [6, 6.07) is 7.57. The lowest BCUT2D eigenvalue weighted by molar-refractivity contribution is 0.639. The van der Waals surface area contributed by atoms with Crippen LogP contribution in [-0.4, -0.2) is 4.57 Å². The lowest BCUT2D eigenvalue weighted by Gasteiger charge is -2.12. The second-order valence-corrected chi connectivity index (χ2v) is 4.90. The van der Waals surface area contributed by atoms with Crippen molar-refractivity contribution in [3.05, 3.63) is 45.3 Å². The van der Waals surface area contributed by atoms with Gasteiger partial charge < -0.3 is 4.57 Å². The van der Waals surface area contributed by atoms with Crippen molar-refractivity contribution in [2.75, 3.05) is 0 Å². The van der Waals surface area contributed by atoms with Crippen molar-refractivity contribution in [1.82, 2.24) is 4.57 Å². The Bertz CT molecular complexity index is 606. The number of hydrogen-bond acceptors (Lipinski definition) is 1. The van der Waals surface area contributed by atoms with E-state index in [0.717, 1.165) is 24.0 Å². The monoisotopic (exact) mass is 313 g/mol. The van der Waals surface area contributed by atoms with Crippen LogP contribution >= 0.6 is 27.5 Å². The highest BCUT2D eigenvalue weighted by Crippen LogP contribution is 2.21. The zero-order chi connectivity index (χ0) is 12.4. The highest BCUT2D eigenvalue weighted by molar-refractivity contribution is 9.08. The average molecular weight is 315 g/mol. The molecule has 0 aliphatic rings. The predicted molar refractivity (Wildman–Crippen MR) is 76.1 cm³/mol. The SMILES string of the molecule is CCCn1c(CBr)cc2cccc(Cl)c2c1=O. The predicted octanol–water partition coefficient (Wildman–Crippen LogP) is 3.96. The van der Waals surface area contributed by atoms with Gasteiger partial charge in [0.2, 0.25) is 0 Å². The normalized spacial score (nSPS) is 11.0. The van der Waals surface area contributed by atoms with Crippen LogP contribution in [0.5, 0.6) is 0 Å². The van der Waals surface area contributed by atoms with E-state index in [-0.39, 0.29) is 5.56 Å². The smallest absolute Gasteiger partial charge is 0.260 e. The summed E-state index contributed by atoms with van der Waals surface area (Å²) in [5.41, 5.74) is 0.996.